The van der Waals surface area contributed by atoms with Crippen molar-refractivity contribution in [1.82, 2.24) is 14.8 Å². The number of hydrogen-bond donors (Lipinski definition) is 0. The van der Waals surface area contributed by atoms with E-state index in [0.717, 1.165) is 13.1 Å². The minimum Gasteiger partial charge on any atom is -0.369 e. The first kappa shape index (κ1) is 11.3. The number of pyridine rings is 1. The number of anilines is 1. The maximum Gasteiger partial charge on any atom is 0.0752 e. The molecule has 18 heavy (non-hydrogen) atoms. The Hall–Kier alpha value is -1.84. The molecule has 0 atom stereocenters. The average molecular weight is 242 g/mol. The SMILES string of the molecule is Cn1cc(N2CCC(c3ccncc3)CC2)cn1. The number of rotatable bonds is 2. The molecule has 0 N–H and O–H groups in total. The van der Waals surface area contributed by atoms with Crippen LogP contribution < -0.4 is 4.90 Å². The van der Waals surface area contributed by atoms with E-state index in [1.165, 1.54) is 24.1 Å². The van der Waals surface area contributed by atoms with Gasteiger partial charge in [0.05, 0.1) is 11.9 Å². The third kappa shape index (κ3) is 2.23. The monoisotopic (exact) mass is 242 g/mol. The number of hydrogen-bond acceptors (Lipinski definition) is 3. The molecule has 0 amide bonds. The van der Waals surface area contributed by atoms with Crippen LogP contribution in [0, 0.1) is 0 Å². The van der Waals surface area contributed by atoms with Gasteiger partial charge in [-0.2, -0.15) is 5.10 Å². The second-order valence-corrected chi connectivity index (χ2v) is 4.91. The van der Waals surface area contributed by atoms with Gasteiger partial charge in [-0.25, -0.2) is 0 Å². The Labute approximate surface area is 107 Å². The summed E-state index contributed by atoms with van der Waals surface area (Å²) in [4.78, 5) is 6.51. The van der Waals surface area contributed by atoms with Crippen LogP contribution >= 0.6 is 0 Å². The zero-order valence-electron chi connectivity index (χ0n) is 10.7. The van der Waals surface area contributed by atoms with E-state index < -0.39 is 0 Å². The molecule has 2 aromatic heterocycles. The van der Waals surface area contributed by atoms with Crippen molar-refractivity contribution in [3.63, 3.8) is 0 Å². The van der Waals surface area contributed by atoms with Crippen LogP contribution in [0.25, 0.3) is 0 Å². The molecule has 0 bridgehead atoms. The largest absolute Gasteiger partial charge is 0.369 e. The van der Waals surface area contributed by atoms with Crippen LogP contribution in [-0.4, -0.2) is 27.9 Å². The molecule has 0 unspecified atom stereocenters. The van der Waals surface area contributed by atoms with Gasteiger partial charge in [-0.05, 0) is 36.5 Å². The average Bonchev–Trinajstić information content (AvgIpc) is 2.87. The van der Waals surface area contributed by atoms with Gasteiger partial charge in [-0.15, -0.1) is 0 Å². The van der Waals surface area contributed by atoms with E-state index in [4.69, 9.17) is 0 Å². The molecule has 0 saturated carbocycles. The number of nitrogens with zero attached hydrogens (tertiary/aromatic N) is 4. The predicted molar refractivity (Wildman–Crippen MR) is 71.6 cm³/mol. The fraction of sp³-hybridized carbons (Fsp3) is 0.429. The van der Waals surface area contributed by atoms with E-state index in [0.29, 0.717) is 5.92 Å². The highest BCUT2D eigenvalue weighted by atomic mass is 15.3. The fourth-order valence-electron chi connectivity index (χ4n) is 2.68. The topological polar surface area (TPSA) is 34.0 Å². The molecule has 1 aliphatic heterocycles. The first-order valence-electron chi connectivity index (χ1n) is 6.46. The van der Waals surface area contributed by atoms with Crippen molar-refractivity contribution in [3.8, 4) is 0 Å². The van der Waals surface area contributed by atoms with Gasteiger partial charge in [-0.1, -0.05) is 0 Å². The summed E-state index contributed by atoms with van der Waals surface area (Å²) in [6, 6.07) is 4.29. The molecule has 1 aliphatic rings. The lowest BCUT2D eigenvalue weighted by atomic mass is 9.90. The van der Waals surface area contributed by atoms with Gasteiger partial charge < -0.3 is 4.90 Å². The van der Waals surface area contributed by atoms with Gasteiger partial charge >= 0.3 is 0 Å². The highest BCUT2D eigenvalue weighted by Crippen LogP contribution is 2.29. The minimum absolute atomic E-state index is 0.681. The van der Waals surface area contributed by atoms with Crippen LogP contribution in [0.15, 0.2) is 36.9 Å². The van der Waals surface area contributed by atoms with Crippen LogP contribution in [0.4, 0.5) is 5.69 Å². The van der Waals surface area contributed by atoms with E-state index >= 15 is 0 Å². The summed E-state index contributed by atoms with van der Waals surface area (Å²) in [5.41, 5.74) is 2.67. The second kappa shape index (κ2) is 4.80. The van der Waals surface area contributed by atoms with E-state index in [1.807, 2.05) is 30.3 Å². The van der Waals surface area contributed by atoms with Crippen molar-refractivity contribution in [1.29, 1.82) is 0 Å². The van der Waals surface area contributed by atoms with Gasteiger partial charge in [0.1, 0.15) is 0 Å². The maximum absolute atomic E-state index is 4.24. The Bertz CT molecular complexity index is 498. The molecule has 3 rings (SSSR count). The maximum atomic E-state index is 4.24. The van der Waals surface area contributed by atoms with Crippen LogP contribution in [0.2, 0.25) is 0 Å². The van der Waals surface area contributed by atoms with Gasteiger partial charge in [0, 0.05) is 38.7 Å². The third-order valence-corrected chi connectivity index (χ3v) is 3.73. The molecule has 0 aliphatic carbocycles. The summed E-state index contributed by atoms with van der Waals surface area (Å²) in [6.45, 7) is 2.22. The van der Waals surface area contributed by atoms with Gasteiger partial charge in [0.25, 0.3) is 0 Å². The van der Waals surface area contributed by atoms with E-state index in [9.17, 15) is 0 Å². The van der Waals surface area contributed by atoms with E-state index in [1.54, 1.807) is 0 Å². The fourth-order valence-corrected chi connectivity index (χ4v) is 2.68. The van der Waals surface area contributed by atoms with Crippen molar-refractivity contribution in [2.45, 2.75) is 18.8 Å². The number of piperidine rings is 1. The molecule has 0 radical (unpaired) electrons. The summed E-state index contributed by atoms with van der Waals surface area (Å²) < 4.78 is 1.87. The molecular weight excluding hydrogens is 224 g/mol. The third-order valence-electron chi connectivity index (χ3n) is 3.73. The molecule has 0 aromatic carbocycles. The zero-order chi connectivity index (χ0) is 12.4. The van der Waals surface area contributed by atoms with Crippen LogP contribution in [0.5, 0.6) is 0 Å². The van der Waals surface area contributed by atoms with E-state index in [-0.39, 0.29) is 0 Å². The van der Waals surface area contributed by atoms with Gasteiger partial charge in [-0.3, -0.25) is 9.67 Å². The lowest BCUT2D eigenvalue weighted by Gasteiger charge is -2.32. The Morgan fingerprint density at radius 1 is 1.17 bits per heavy atom. The van der Waals surface area contributed by atoms with Crippen molar-refractivity contribution >= 4 is 5.69 Å². The highest BCUT2D eigenvalue weighted by Gasteiger charge is 2.21. The summed E-state index contributed by atoms with van der Waals surface area (Å²) in [6.07, 6.45) is 10.2. The van der Waals surface area contributed by atoms with Crippen molar-refractivity contribution < 1.29 is 0 Å². The molecule has 0 spiro atoms. The highest BCUT2D eigenvalue weighted by molar-refractivity contribution is 5.43. The molecule has 1 fully saturated rings. The first-order valence-corrected chi connectivity index (χ1v) is 6.46. The van der Waals surface area contributed by atoms with E-state index in [2.05, 4.69) is 33.3 Å². The standard InChI is InChI=1S/C14H18N4/c1-17-11-14(10-16-17)18-8-4-13(5-9-18)12-2-6-15-7-3-12/h2-3,6-7,10-11,13H,4-5,8-9H2,1H3. The molecule has 3 heterocycles. The van der Waals surface area contributed by atoms with Crippen LogP contribution in [-0.2, 0) is 7.05 Å². The number of aryl methyl sites for hydroxylation is 1. The molecule has 1 saturated heterocycles. The Morgan fingerprint density at radius 2 is 1.89 bits per heavy atom. The Balaban J connectivity index is 1.65. The predicted octanol–water partition coefficient (Wildman–Crippen LogP) is 2.20. The first-order chi connectivity index (χ1) is 8.83. The molecular formula is C14H18N4. The Kier molecular flexibility index (Phi) is 3.00. The van der Waals surface area contributed by atoms with Crippen LogP contribution in [0.3, 0.4) is 0 Å². The molecule has 2 aromatic rings. The molecule has 4 nitrogen and oxygen atoms in total. The van der Waals surface area contributed by atoms with Gasteiger partial charge in [0.2, 0.25) is 0 Å². The summed E-state index contributed by atoms with van der Waals surface area (Å²) in [5, 5.41) is 4.24. The lowest BCUT2D eigenvalue weighted by molar-refractivity contribution is 0.505. The van der Waals surface area contributed by atoms with Crippen molar-refractivity contribution in [2.24, 2.45) is 7.05 Å². The smallest absolute Gasteiger partial charge is 0.0752 e. The van der Waals surface area contributed by atoms with Crippen molar-refractivity contribution in [3.05, 3.63) is 42.5 Å². The zero-order valence-corrected chi connectivity index (χ0v) is 10.7. The Morgan fingerprint density at radius 3 is 2.50 bits per heavy atom. The summed E-state index contributed by atoms with van der Waals surface area (Å²) in [7, 11) is 1.97. The molecule has 94 valence electrons. The van der Waals surface area contributed by atoms with Gasteiger partial charge in [0.15, 0.2) is 0 Å². The quantitative estimate of drug-likeness (QED) is 0.809. The minimum atomic E-state index is 0.681. The normalized spacial score (nSPS) is 17.1. The lowest BCUT2D eigenvalue weighted by Crippen LogP contribution is -2.32. The summed E-state index contributed by atoms with van der Waals surface area (Å²) in [5.74, 6) is 0.681. The summed E-state index contributed by atoms with van der Waals surface area (Å²) >= 11 is 0. The van der Waals surface area contributed by atoms with Crippen LogP contribution in [0.1, 0.15) is 24.3 Å². The van der Waals surface area contributed by atoms with Crippen molar-refractivity contribution in [2.75, 3.05) is 18.0 Å². The second-order valence-electron chi connectivity index (χ2n) is 4.91. The molecule has 4 heteroatoms. The number of aromatic nitrogens is 3.